The maximum atomic E-state index is 12.4. The maximum Gasteiger partial charge on any atom is 0.272 e. The Balaban J connectivity index is 1.94. The Bertz CT molecular complexity index is 1160. The summed E-state index contributed by atoms with van der Waals surface area (Å²) < 4.78 is 8.30. The Hall–Kier alpha value is -3.10. The third-order valence-electron chi connectivity index (χ3n) is 4.36. The number of nitrogens with zero attached hydrogens (tertiary/aromatic N) is 3. The van der Waals surface area contributed by atoms with Gasteiger partial charge in [-0.3, -0.25) is 14.9 Å². The van der Waals surface area contributed by atoms with Crippen LogP contribution in [0.25, 0.3) is 16.3 Å². The van der Waals surface area contributed by atoms with Crippen LogP contribution in [0.4, 0.5) is 5.69 Å². The highest BCUT2D eigenvalue weighted by atomic mass is 32.1. The van der Waals surface area contributed by atoms with Crippen LogP contribution in [0.5, 0.6) is 0 Å². The summed E-state index contributed by atoms with van der Waals surface area (Å²) in [6.07, 6.45) is 2.96. The van der Waals surface area contributed by atoms with Crippen LogP contribution in [0.1, 0.15) is 16.7 Å². The molecule has 0 radical (unpaired) electrons. The fourth-order valence-electron chi connectivity index (χ4n) is 3.07. The summed E-state index contributed by atoms with van der Waals surface area (Å²) in [5.41, 5.74) is 4.04. The van der Waals surface area contributed by atoms with Crippen LogP contribution in [0.3, 0.4) is 0 Å². The van der Waals surface area contributed by atoms with Gasteiger partial charge < -0.3 is 9.30 Å². The number of aryl methyl sites for hydroxylation is 2. The van der Waals surface area contributed by atoms with Crippen LogP contribution in [-0.4, -0.2) is 29.1 Å². The van der Waals surface area contributed by atoms with E-state index in [2.05, 4.69) is 17.1 Å². The number of thiazole rings is 1. The number of amides is 1. The van der Waals surface area contributed by atoms with Gasteiger partial charge in [0.2, 0.25) is 0 Å². The second kappa shape index (κ2) is 8.93. The Morgan fingerprint density at radius 1 is 1.28 bits per heavy atom. The van der Waals surface area contributed by atoms with Gasteiger partial charge in [-0.1, -0.05) is 17.4 Å². The highest BCUT2D eigenvalue weighted by Crippen LogP contribution is 2.23. The van der Waals surface area contributed by atoms with Gasteiger partial charge in [0.05, 0.1) is 21.7 Å². The molecule has 7 nitrogen and oxygen atoms in total. The molecular formula is C21H21N3O4S. The van der Waals surface area contributed by atoms with Crippen molar-refractivity contribution < 1.29 is 14.5 Å². The number of rotatable bonds is 6. The molecular weight excluding hydrogens is 390 g/mol. The van der Waals surface area contributed by atoms with Gasteiger partial charge in [-0.05, 0) is 54.8 Å². The second-order valence-electron chi connectivity index (χ2n) is 6.59. The first-order valence-corrected chi connectivity index (χ1v) is 9.81. The van der Waals surface area contributed by atoms with Crippen LogP contribution in [0.2, 0.25) is 0 Å². The minimum Gasteiger partial charge on any atom is -0.383 e. The number of aromatic nitrogens is 1. The van der Waals surface area contributed by atoms with Crippen molar-refractivity contribution in [3.8, 4) is 0 Å². The van der Waals surface area contributed by atoms with Crippen LogP contribution < -0.4 is 4.80 Å². The Kier molecular flexibility index (Phi) is 6.36. The van der Waals surface area contributed by atoms with E-state index in [1.54, 1.807) is 25.3 Å². The number of carbonyl (C=O) groups excluding carboxylic acids is 1. The van der Waals surface area contributed by atoms with Gasteiger partial charge in [0.15, 0.2) is 4.80 Å². The normalized spacial score (nSPS) is 12.2. The molecule has 0 saturated heterocycles. The number of fused-ring (bicyclic) bond motifs is 1. The van der Waals surface area contributed by atoms with Gasteiger partial charge >= 0.3 is 0 Å². The molecule has 150 valence electrons. The van der Waals surface area contributed by atoms with Crippen molar-refractivity contribution in [1.29, 1.82) is 0 Å². The summed E-state index contributed by atoms with van der Waals surface area (Å²) in [6.45, 7) is 5.20. The molecule has 0 N–H and O–H groups in total. The second-order valence-corrected chi connectivity index (χ2v) is 7.60. The third-order valence-corrected chi connectivity index (χ3v) is 5.38. The smallest absolute Gasteiger partial charge is 0.272 e. The number of nitro groups is 1. The lowest BCUT2D eigenvalue weighted by Crippen LogP contribution is -2.19. The van der Waals surface area contributed by atoms with E-state index in [1.165, 1.54) is 29.5 Å². The zero-order valence-corrected chi connectivity index (χ0v) is 17.2. The van der Waals surface area contributed by atoms with E-state index in [9.17, 15) is 14.9 Å². The first-order valence-electron chi connectivity index (χ1n) is 9.00. The average Bonchev–Trinajstić information content (AvgIpc) is 3.01. The summed E-state index contributed by atoms with van der Waals surface area (Å²) in [4.78, 5) is 27.6. The molecule has 3 rings (SSSR count). The average molecular weight is 411 g/mol. The molecule has 0 spiro atoms. The van der Waals surface area contributed by atoms with E-state index in [-0.39, 0.29) is 5.69 Å². The van der Waals surface area contributed by atoms with Crippen molar-refractivity contribution in [2.75, 3.05) is 13.7 Å². The molecule has 0 saturated carbocycles. The number of methoxy groups -OCH3 is 1. The van der Waals surface area contributed by atoms with E-state index in [1.807, 2.05) is 18.4 Å². The molecule has 0 unspecified atom stereocenters. The maximum absolute atomic E-state index is 12.4. The Morgan fingerprint density at radius 2 is 2.00 bits per heavy atom. The van der Waals surface area contributed by atoms with E-state index in [0.717, 1.165) is 21.3 Å². The number of benzene rings is 2. The van der Waals surface area contributed by atoms with E-state index in [4.69, 9.17) is 4.74 Å². The monoisotopic (exact) mass is 411 g/mol. The lowest BCUT2D eigenvalue weighted by molar-refractivity contribution is -0.384. The summed E-state index contributed by atoms with van der Waals surface area (Å²) in [5.74, 6) is -0.393. The zero-order valence-electron chi connectivity index (χ0n) is 16.4. The predicted molar refractivity (Wildman–Crippen MR) is 114 cm³/mol. The lowest BCUT2D eigenvalue weighted by Gasteiger charge is -2.07. The van der Waals surface area contributed by atoms with Crippen LogP contribution >= 0.6 is 11.3 Å². The number of hydrogen-bond acceptors (Lipinski definition) is 5. The van der Waals surface area contributed by atoms with Gasteiger partial charge in [-0.25, -0.2) is 0 Å². The molecule has 0 atom stereocenters. The van der Waals surface area contributed by atoms with Gasteiger partial charge in [0.25, 0.3) is 11.6 Å². The molecule has 0 aliphatic carbocycles. The topological polar surface area (TPSA) is 86.7 Å². The highest BCUT2D eigenvalue weighted by Gasteiger charge is 2.10. The van der Waals surface area contributed by atoms with E-state index < -0.39 is 10.8 Å². The molecule has 3 aromatic rings. The summed E-state index contributed by atoms with van der Waals surface area (Å²) >= 11 is 1.47. The van der Waals surface area contributed by atoms with Crippen LogP contribution in [0, 0.1) is 24.0 Å². The molecule has 1 amide bonds. The number of hydrogen-bond donors (Lipinski definition) is 0. The zero-order chi connectivity index (χ0) is 21.0. The van der Waals surface area contributed by atoms with Crippen molar-refractivity contribution in [2.24, 2.45) is 4.99 Å². The lowest BCUT2D eigenvalue weighted by atomic mass is 10.1. The van der Waals surface area contributed by atoms with Gasteiger partial charge in [-0.2, -0.15) is 4.99 Å². The third kappa shape index (κ3) is 4.85. The van der Waals surface area contributed by atoms with Crippen LogP contribution in [0.15, 0.2) is 47.5 Å². The molecule has 29 heavy (non-hydrogen) atoms. The van der Waals surface area contributed by atoms with Crippen molar-refractivity contribution in [3.05, 3.63) is 74.1 Å². The number of non-ortho nitro benzene ring substituents is 1. The van der Waals surface area contributed by atoms with Crippen LogP contribution in [-0.2, 0) is 16.1 Å². The van der Waals surface area contributed by atoms with Gasteiger partial charge in [-0.15, -0.1) is 0 Å². The molecule has 8 heteroatoms. The fraction of sp³-hybridized carbons (Fsp3) is 0.238. The van der Waals surface area contributed by atoms with Crippen molar-refractivity contribution in [3.63, 3.8) is 0 Å². The number of carbonyl (C=O) groups is 1. The van der Waals surface area contributed by atoms with E-state index >= 15 is 0 Å². The summed E-state index contributed by atoms with van der Waals surface area (Å²) in [5, 5.41) is 10.7. The Labute approximate surface area is 171 Å². The molecule has 0 bridgehead atoms. The van der Waals surface area contributed by atoms with Gasteiger partial charge in [0.1, 0.15) is 0 Å². The molecule has 2 aromatic carbocycles. The Morgan fingerprint density at radius 3 is 2.66 bits per heavy atom. The highest BCUT2D eigenvalue weighted by molar-refractivity contribution is 7.16. The quantitative estimate of drug-likeness (QED) is 0.348. The molecule has 1 heterocycles. The predicted octanol–water partition coefficient (Wildman–Crippen LogP) is 4.01. The molecule has 0 aliphatic rings. The number of nitro benzene ring substituents is 1. The van der Waals surface area contributed by atoms with E-state index in [0.29, 0.717) is 23.5 Å². The first-order chi connectivity index (χ1) is 13.9. The minimum atomic E-state index is -0.460. The minimum absolute atomic E-state index is 0.00767. The largest absolute Gasteiger partial charge is 0.383 e. The standard InChI is InChI=1S/C21H21N3O4S/c1-14-12-15(2)20-18(13-14)29-21(23(20)10-11-28-3)22-19(25)9-6-16-4-7-17(8-5-16)24(26)27/h4-9,12-13H,10-11H2,1-3H3/b9-6-,22-21?. The molecule has 0 fully saturated rings. The molecule has 0 aliphatic heterocycles. The number of ether oxygens (including phenoxy) is 1. The summed E-state index contributed by atoms with van der Waals surface area (Å²) in [6, 6.07) is 10.2. The summed E-state index contributed by atoms with van der Waals surface area (Å²) in [7, 11) is 1.64. The first kappa shape index (κ1) is 20.6. The van der Waals surface area contributed by atoms with Gasteiger partial charge in [0, 0.05) is 31.9 Å². The molecule has 1 aromatic heterocycles. The van der Waals surface area contributed by atoms with Crippen molar-refractivity contribution >= 4 is 39.2 Å². The fourth-order valence-corrected chi connectivity index (χ4v) is 4.31. The van der Waals surface area contributed by atoms with Crippen molar-refractivity contribution in [1.82, 2.24) is 4.57 Å². The van der Waals surface area contributed by atoms with Crippen molar-refractivity contribution in [2.45, 2.75) is 20.4 Å². The SMILES string of the molecule is COCCn1c(=NC(=O)/C=C\c2ccc([N+](=O)[O-])cc2)sc2cc(C)cc(C)c21.